The molecule has 3 N–H and O–H groups in total. The van der Waals surface area contributed by atoms with E-state index < -0.39 is 11.8 Å². The first kappa shape index (κ1) is 15.3. The first-order valence-electron chi connectivity index (χ1n) is 7.17. The molecule has 24 heavy (non-hydrogen) atoms. The summed E-state index contributed by atoms with van der Waals surface area (Å²) in [6, 6.07) is 10.8. The maximum absolute atomic E-state index is 12.3. The summed E-state index contributed by atoms with van der Waals surface area (Å²) in [5.74, 6) is -0.811. The van der Waals surface area contributed by atoms with Crippen molar-refractivity contribution in [3.05, 3.63) is 48.0 Å². The Labute approximate surface area is 136 Å². The fraction of sp³-hybridized carbons (Fsp3) is 0.125. The smallest absolute Gasteiger partial charge is 0.291 e. The Morgan fingerprint density at radius 2 is 2.12 bits per heavy atom. The summed E-state index contributed by atoms with van der Waals surface area (Å²) in [4.78, 5) is 24.3. The quantitative estimate of drug-likeness (QED) is 0.620. The summed E-state index contributed by atoms with van der Waals surface area (Å²) < 4.78 is 5.48. The first-order chi connectivity index (χ1) is 11.7. The number of furan rings is 1. The van der Waals surface area contributed by atoms with E-state index in [4.69, 9.17) is 9.68 Å². The first-order valence-corrected chi connectivity index (χ1v) is 7.17. The number of rotatable bonds is 5. The van der Waals surface area contributed by atoms with Gasteiger partial charge in [-0.3, -0.25) is 14.7 Å². The van der Waals surface area contributed by atoms with Gasteiger partial charge in [0.15, 0.2) is 5.76 Å². The number of para-hydroxylation sites is 1. The second kappa shape index (κ2) is 6.66. The van der Waals surface area contributed by atoms with E-state index in [0.29, 0.717) is 5.58 Å². The average Bonchev–Trinajstić information content (AvgIpc) is 3.21. The van der Waals surface area contributed by atoms with Gasteiger partial charge in [-0.05, 0) is 12.1 Å². The topological polar surface area (TPSA) is 124 Å². The third-order valence-corrected chi connectivity index (χ3v) is 3.29. The number of nitrogens with one attached hydrogen (secondary N) is 3. The minimum Gasteiger partial charge on any atom is -0.451 e. The fourth-order valence-corrected chi connectivity index (χ4v) is 2.15. The zero-order chi connectivity index (χ0) is 16.9. The molecular formula is C16H13N5O3. The number of nitrogens with zero attached hydrogens (tertiary/aromatic N) is 2. The van der Waals surface area contributed by atoms with Crippen LogP contribution in [-0.2, 0) is 0 Å². The molecule has 0 aliphatic heterocycles. The molecule has 8 heteroatoms. The van der Waals surface area contributed by atoms with E-state index in [1.807, 2.05) is 24.3 Å². The van der Waals surface area contributed by atoms with Crippen LogP contribution in [0.25, 0.3) is 11.0 Å². The van der Waals surface area contributed by atoms with Crippen molar-refractivity contribution >= 4 is 28.5 Å². The summed E-state index contributed by atoms with van der Waals surface area (Å²) in [6.07, 6.45) is 1.53. The van der Waals surface area contributed by atoms with Crippen LogP contribution in [0.5, 0.6) is 0 Å². The molecular weight excluding hydrogens is 310 g/mol. The van der Waals surface area contributed by atoms with E-state index in [1.54, 1.807) is 12.1 Å². The SMILES string of the molecule is N#CCCNC(=O)c1[nH]ncc1NC(=O)c1cc2ccccc2o1. The minimum atomic E-state index is -0.487. The second-order valence-electron chi connectivity index (χ2n) is 4.93. The molecule has 0 unspecified atom stereocenters. The van der Waals surface area contributed by atoms with Crippen LogP contribution < -0.4 is 10.6 Å². The van der Waals surface area contributed by atoms with Crippen LogP contribution in [0, 0.1) is 11.3 Å². The number of benzene rings is 1. The number of anilines is 1. The Kier molecular flexibility index (Phi) is 4.25. The molecule has 8 nitrogen and oxygen atoms in total. The van der Waals surface area contributed by atoms with Gasteiger partial charge in [0.05, 0.1) is 24.4 Å². The lowest BCUT2D eigenvalue weighted by Crippen LogP contribution is -2.26. The zero-order valence-corrected chi connectivity index (χ0v) is 12.5. The highest BCUT2D eigenvalue weighted by Gasteiger charge is 2.18. The monoisotopic (exact) mass is 323 g/mol. The van der Waals surface area contributed by atoms with Crippen LogP contribution >= 0.6 is 0 Å². The van der Waals surface area contributed by atoms with Crippen LogP contribution in [0.3, 0.4) is 0 Å². The number of carbonyl (C=O) groups excluding carboxylic acids is 2. The number of hydrogen-bond donors (Lipinski definition) is 3. The summed E-state index contributed by atoms with van der Waals surface area (Å²) in [5.41, 5.74) is 0.941. The van der Waals surface area contributed by atoms with Gasteiger partial charge in [-0.2, -0.15) is 10.4 Å². The predicted molar refractivity (Wildman–Crippen MR) is 85.3 cm³/mol. The average molecular weight is 323 g/mol. The molecule has 0 saturated heterocycles. The number of fused-ring (bicyclic) bond motifs is 1. The number of amides is 2. The molecule has 3 aromatic rings. The number of H-pyrrole nitrogens is 1. The number of aromatic nitrogens is 2. The second-order valence-corrected chi connectivity index (χ2v) is 4.93. The van der Waals surface area contributed by atoms with Crippen LogP contribution in [0.4, 0.5) is 5.69 Å². The molecule has 1 aromatic carbocycles. The molecule has 2 aromatic heterocycles. The largest absolute Gasteiger partial charge is 0.451 e. The van der Waals surface area contributed by atoms with Gasteiger partial charge in [0.25, 0.3) is 11.8 Å². The van der Waals surface area contributed by atoms with Crippen molar-refractivity contribution in [2.24, 2.45) is 0 Å². The van der Waals surface area contributed by atoms with Gasteiger partial charge >= 0.3 is 0 Å². The molecule has 2 heterocycles. The fourth-order valence-electron chi connectivity index (χ4n) is 2.15. The molecule has 0 bridgehead atoms. The van der Waals surface area contributed by atoms with Gasteiger partial charge in [-0.1, -0.05) is 18.2 Å². The number of carbonyl (C=O) groups is 2. The summed E-state index contributed by atoms with van der Waals surface area (Å²) >= 11 is 0. The number of nitriles is 1. The van der Waals surface area contributed by atoms with E-state index in [9.17, 15) is 9.59 Å². The highest BCUT2D eigenvalue weighted by molar-refractivity contribution is 6.08. The van der Waals surface area contributed by atoms with Crippen LogP contribution in [-0.4, -0.2) is 28.6 Å². The molecule has 0 aliphatic rings. The molecule has 0 saturated carbocycles. The molecule has 0 spiro atoms. The number of hydrogen-bond acceptors (Lipinski definition) is 5. The lowest BCUT2D eigenvalue weighted by molar-refractivity contribution is 0.0950. The molecule has 2 amide bonds. The van der Waals surface area contributed by atoms with E-state index in [2.05, 4.69) is 20.8 Å². The summed E-state index contributed by atoms with van der Waals surface area (Å²) in [5, 5.41) is 20.7. The highest BCUT2D eigenvalue weighted by Crippen LogP contribution is 2.20. The normalized spacial score (nSPS) is 10.3. The van der Waals surface area contributed by atoms with Gasteiger partial charge in [0.1, 0.15) is 11.3 Å². The van der Waals surface area contributed by atoms with Crippen molar-refractivity contribution in [2.75, 3.05) is 11.9 Å². The third-order valence-electron chi connectivity index (χ3n) is 3.29. The van der Waals surface area contributed by atoms with Crippen molar-refractivity contribution in [3.8, 4) is 6.07 Å². The van der Waals surface area contributed by atoms with Crippen LogP contribution in [0.1, 0.15) is 27.5 Å². The van der Waals surface area contributed by atoms with Crippen molar-refractivity contribution in [3.63, 3.8) is 0 Å². The summed E-state index contributed by atoms with van der Waals surface area (Å²) in [7, 11) is 0. The zero-order valence-electron chi connectivity index (χ0n) is 12.5. The predicted octanol–water partition coefficient (Wildman–Crippen LogP) is 2.05. The minimum absolute atomic E-state index is 0.109. The van der Waals surface area contributed by atoms with Gasteiger partial charge in [0.2, 0.25) is 0 Å². The Hall–Kier alpha value is -3.60. The standard InChI is InChI=1S/C16H13N5O3/c17-6-3-7-18-16(23)14-11(9-19-21-14)20-15(22)13-8-10-4-1-2-5-12(10)24-13/h1-2,4-5,8-9H,3,7H2,(H,18,23)(H,19,21)(H,20,22). The van der Waals surface area contributed by atoms with E-state index in [0.717, 1.165) is 5.39 Å². The molecule has 0 radical (unpaired) electrons. The van der Waals surface area contributed by atoms with Crippen molar-refractivity contribution in [1.29, 1.82) is 5.26 Å². The highest BCUT2D eigenvalue weighted by atomic mass is 16.3. The Morgan fingerprint density at radius 3 is 2.92 bits per heavy atom. The lowest BCUT2D eigenvalue weighted by atomic mass is 10.2. The Bertz CT molecular complexity index is 901. The molecule has 0 aliphatic carbocycles. The van der Waals surface area contributed by atoms with Crippen molar-refractivity contribution in [1.82, 2.24) is 15.5 Å². The van der Waals surface area contributed by atoms with Gasteiger partial charge in [0, 0.05) is 11.9 Å². The van der Waals surface area contributed by atoms with Crippen LogP contribution in [0.15, 0.2) is 40.9 Å². The molecule has 120 valence electrons. The maximum Gasteiger partial charge on any atom is 0.291 e. The Balaban J connectivity index is 1.74. The van der Waals surface area contributed by atoms with E-state index in [1.165, 1.54) is 6.20 Å². The van der Waals surface area contributed by atoms with Gasteiger partial charge < -0.3 is 15.1 Å². The van der Waals surface area contributed by atoms with Gasteiger partial charge in [-0.25, -0.2) is 0 Å². The Morgan fingerprint density at radius 1 is 1.29 bits per heavy atom. The molecule has 3 rings (SSSR count). The molecule has 0 fully saturated rings. The van der Waals surface area contributed by atoms with E-state index >= 15 is 0 Å². The van der Waals surface area contributed by atoms with Crippen molar-refractivity contribution in [2.45, 2.75) is 6.42 Å². The maximum atomic E-state index is 12.3. The van der Waals surface area contributed by atoms with Gasteiger partial charge in [-0.15, -0.1) is 0 Å². The lowest BCUT2D eigenvalue weighted by Gasteiger charge is -2.04. The van der Waals surface area contributed by atoms with Crippen molar-refractivity contribution < 1.29 is 14.0 Å². The summed E-state index contributed by atoms with van der Waals surface area (Å²) in [6.45, 7) is 0.214. The van der Waals surface area contributed by atoms with Crippen LogP contribution in [0.2, 0.25) is 0 Å². The molecule has 0 atom stereocenters. The number of aromatic amines is 1. The third kappa shape index (κ3) is 3.10. The van der Waals surface area contributed by atoms with E-state index in [-0.39, 0.29) is 30.1 Å².